The van der Waals surface area contributed by atoms with Crippen molar-refractivity contribution in [2.24, 2.45) is 0 Å². The molecule has 0 radical (unpaired) electrons. The van der Waals surface area contributed by atoms with E-state index in [9.17, 15) is 0 Å². The zero-order valence-corrected chi connectivity index (χ0v) is 11.8. The van der Waals surface area contributed by atoms with Crippen LogP contribution < -0.4 is 5.32 Å². The molecule has 0 amide bonds. The molecule has 106 valence electrons. The van der Waals surface area contributed by atoms with Gasteiger partial charge in [0.05, 0.1) is 11.4 Å². The van der Waals surface area contributed by atoms with Crippen LogP contribution in [0.5, 0.6) is 0 Å². The van der Waals surface area contributed by atoms with Gasteiger partial charge in [0.25, 0.3) is 0 Å². The predicted octanol–water partition coefficient (Wildman–Crippen LogP) is 2.55. The number of hydrogen-bond acceptors (Lipinski definition) is 5. The summed E-state index contributed by atoms with van der Waals surface area (Å²) in [7, 11) is 0. The molecule has 3 aromatic rings. The van der Waals surface area contributed by atoms with Crippen LogP contribution in [-0.2, 0) is 6.42 Å². The molecule has 1 unspecified atom stereocenters. The molecule has 6 heteroatoms. The number of hydrogen-bond donors (Lipinski definition) is 2. The highest BCUT2D eigenvalue weighted by atomic mass is 15.1. The van der Waals surface area contributed by atoms with E-state index in [0.717, 1.165) is 47.5 Å². The van der Waals surface area contributed by atoms with Crippen molar-refractivity contribution in [2.75, 3.05) is 5.32 Å². The first-order chi connectivity index (χ1) is 10.3. The van der Waals surface area contributed by atoms with Crippen molar-refractivity contribution >= 4 is 16.9 Å². The van der Waals surface area contributed by atoms with Gasteiger partial charge in [-0.2, -0.15) is 0 Å². The van der Waals surface area contributed by atoms with Crippen LogP contribution in [-0.4, -0.2) is 24.9 Å². The van der Waals surface area contributed by atoms with E-state index in [2.05, 4.69) is 36.3 Å². The summed E-state index contributed by atoms with van der Waals surface area (Å²) in [5.41, 5.74) is 4.28. The molecule has 1 aliphatic carbocycles. The summed E-state index contributed by atoms with van der Waals surface area (Å²) >= 11 is 0. The molecule has 3 heterocycles. The second kappa shape index (κ2) is 4.80. The van der Waals surface area contributed by atoms with Gasteiger partial charge < -0.3 is 10.3 Å². The van der Waals surface area contributed by atoms with Crippen LogP contribution in [0.1, 0.15) is 35.8 Å². The molecule has 0 saturated carbocycles. The van der Waals surface area contributed by atoms with Gasteiger partial charge in [0.15, 0.2) is 0 Å². The highest BCUT2D eigenvalue weighted by Gasteiger charge is 2.22. The van der Waals surface area contributed by atoms with E-state index in [1.807, 2.05) is 13.1 Å². The Labute approximate surface area is 122 Å². The third kappa shape index (κ3) is 2.12. The fourth-order valence-electron chi connectivity index (χ4n) is 3.00. The number of nitrogens with zero attached hydrogens (tertiary/aromatic N) is 4. The summed E-state index contributed by atoms with van der Waals surface area (Å²) < 4.78 is 0. The average molecular weight is 280 g/mol. The van der Waals surface area contributed by atoms with Crippen molar-refractivity contribution in [2.45, 2.75) is 32.2 Å². The van der Waals surface area contributed by atoms with Crippen molar-refractivity contribution in [3.63, 3.8) is 0 Å². The molecular formula is C15H16N6. The summed E-state index contributed by atoms with van der Waals surface area (Å²) in [6.07, 6.45) is 8.35. The number of nitrogens with one attached hydrogen (secondary N) is 2. The number of fused-ring (bicyclic) bond motifs is 2. The largest absolute Gasteiger partial charge is 0.362 e. The van der Waals surface area contributed by atoms with Gasteiger partial charge in [-0.25, -0.2) is 19.9 Å². The van der Waals surface area contributed by atoms with Crippen molar-refractivity contribution in [1.82, 2.24) is 24.9 Å². The van der Waals surface area contributed by atoms with Gasteiger partial charge in [0.1, 0.15) is 24.1 Å². The molecule has 0 bridgehead atoms. The Kier molecular flexibility index (Phi) is 2.80. The molecule has 0 aromatic carbocycles. The molecule has 2 N–H and O–H groups in total. The first-order valence-electron chi connectivity index (χ1n) is 7.17. The molecule has 6 nitrogen and oxygen atoms in total. The standard InChI is InChI=1S/C15H16N6/c1-9-5-10-14(20-9)18-8-19-15(10)21-13-4-2-3-12-11(13)6-16-7-17-12/h5-8,13H,2-4H2,1H3,(H2,18,19,20,21). The molecular weight excluding hydrogens is 264 g/mol. The number of rotatable bonds is 2. The Hall–Kier alpha value is -2.50. The van der Waals surface area contributed by atoms with Crippen LogP contribution in [0.4, 0.5) is 5.82 Å². The molecule has 21 heavy (non-hydrogen) atoms. The van der Waals surface area contributed by atoms with Crippen molar-refractivity contribution < 1.29 is 0 Å². The van der Waals surface area contributed by atoms with Gasteiger partial charge in [-0.15, -0.1) is 0 Å². The number of H-pyrrole nitrogens is 1. The Morgan fingerprint density at radius 1 is 1.24 bits per heavy atom. The Morgan fingerprint density at radius 3 is 3.14 bits per heavy atom. The minimum absolute atomic E-state index is 0.211. The van der Waals surface area contributed by atoms with Crippen LogP contribution in [0.25, 0.3) is 11.0 Å². The van der Waals surface area contributed by atoms with E-state index in [-0.39, 0.29) is 6.04 Å². The summed E-state index contributed by atoms with van der Waals surface area (Å²) in [4.78, 5) is 20.5. The average Bonchev–Trinajstić information content (AvgIpc) is 2.89. The van der Waals surface area contributed by atoms with E-state index < -0.39 is 0 Å². The van der Waals surface area contributed by atoms with E-state index in [4.69, 9.17) is 0 Å². The van der Waals surface area contributed by atoms with Crippen LogP contribution in [0, 0.1) is 6.92 Å². The monoisotopic (exact) mass is 280 g/mol. The fourth-order valence-corrected chi connectivity index (χ4v) is 3.00. The molecule has 1 atom stereocenters. The topological polar surface area (TPSA) is 79.4 Å². The SMILES string of the molecule is Cc1cc2c(NC3CCCc4ncncc43)ncnc2[nH]1. The molecule has 0 fully saturated rings. The van der Waals surface area contributed by atoms with Gasteiger partial charge in [-0.3, -0.25) is 0 Å². The summed E-state index contributed by atoms with van der Waals surface area (Å²) in [6.45, 7) is 2.02. The molecule has 0 saturated heterocycles. The zero-order chi connectivity index (χ0) is 14.2. The van der Waals surface area contributed by atoms with E-state index in [1.54, 1.807) is 12.7 Å². The lowest BCUT2D eigenvalue weighted by atomic mass is 9.92. The van der Waals surface area contributed by atoms with Gasteiger partial charge in [0, 0.05) is 23.1 Å². The van der Waals surface area contributed by atoms with E-state index in [1.165, 1.54) is 5.56 Å². The Morgan fingerprint density at radius 2 is 2.19 bits per heavy atom. The molecule has 4 rings (SSSR count). The maximum atomic E-state index is 4.40. The normalized spacial score (nSPS) is 17.7. The summed E-state index contributed by atoms with van der Waals surface area (Å²) in [5, 5.41) is 4.57. The van der Waals surface area contributed by atoms with Crippen LogP contribution in [0.2, 0.25) is 0 Å². The minimum Gasteiger partial charge on any atom is -0.362 e. The van der Waals surface area contributed by atoms with Crippen molar-refractivity contribution in [3.05, 3.63) is 41.9 Å². The highest BCUT2D eigenvalue weighted by molar-refractivity contribution is 5.87. The lowest BCUT2D eigenvalue weighted by molar-refractivity contribution is 0.583. The highest BCUT2D eigenvalue weighted by Crippen LogP contribution is 2.32. The second-order valence-corrected chi connectivity index (χ2v) is 5.45. The van der Waals surface area contributed by atoms with E-state index in [0.29, 0.717) is 0 Å². The Balaban J connectivity index is 1.73. The first-order valence-corrected chi connectivity index (χ1v) is 7.17. The third-order valence-electron chi connectivity index (χ3n) is 3.98. The van der Waals surface area contributed by atoms with Crippen molar-refractivity contribution in [1.29, 1.82) is 0 Å². The van der Waals surface area contributed by atoms with Gasteiger partial charge in [0.2, 0.25) is 0 Å². The summed E-state index contributed by atoms with van der Waals surface area (Å²) in [5.74, 6) is 0.867. The second-order valence-electron chi connectivity index (χ2n) is 5.45. The van der Waals surface area contributed by atoms with Gasteiger partial charge in [-0.05, 0) is 32.3 Å². The number of anilines is 1. The Bertz CT molecular complexity index is 794. The van der Waals surface area contributed by atoms with Gasteiger partial charge in [-0.1, -0.05) is 0 Å². The molecule has 1 aliphatic rings. The lowest BCUT2D eigenvalue weighted by Gasteiger charge is -2.25. The first kappa shape index (κ1) is 12.3. The van der Waals surface area contributed by atoms with Crippen LogP contribution in [0.15, 0.2) is 24.9 Å². The maximum Gasteiger partial charge on any atom is 0.143 e. The van der Waals surface area contributed by atoms with Gasteiger partial charge >= 0.3 is 0 Å². The quantitative estimate of drug-likeness (QED) is 0.754. The summed E-state index contributed by atoms with van der Waals surface area (Å²) in [6, 6.07) is 2.28. The molecule has 3 aromatic heterocycles. The van der Waals surface area contributed by atoms with E-state index >= 15 is 0 Å². The third-order valence-corrected chi connectivity index (χ3v) is 3.98. The number of aromatic amines is 1. The number of aryl methyl sites for hydroxylation is 2. The predicted molar refractivity (Wildman–Crippen MR) is 80.0 cm³/mol. The molecule has 0 aliphatic heterocycles. The van der Waals surface area contributed by atoms with Crippen LogP contribution in [0.3, 0.4) is 0 Å². The fraction of sp³-hybridized carbons (Fsp3) is 0.333. The molecule has 0 spiro atoms. The van der Waals surface area contributed by atoms with Crippen molar-refractivity contribution in [3.8, 4) is 0 Å². The maximum absolute atomic E-state index is 4.40. The lowest BCUT2D eigenvalue weighted by Crippen LogP contribution is -2.19. The minimum atomic E-state index is 0.211. The number of aromatic nitrogens is 5. The van der Waals surface area contributed by atoms with Crippen LogP contribution >= 0.6 is 0 Å². The zero-order valence-electron chi connectivity index (χ0n) is 11.8. The smallest absolute Gasteiger partial charge is 0.143 e.